The third-order valence-electron chi connectivity index (χ3n) is 4.20. The molecule has 2 aliphatic rings. The van der Waals surface area contributed by atoms with Gasteiger partial charge >= 0.3 is 6.03 Å². The molecule has 0 aliphatic carbocycles. The Labute approximate surface area is 116 Å². The number of carbonyl (C=O) groups is 1. The fraction of sp³-hybridized carbons (Fsp3) is 0.929. The average Bonchev–Trinajstić information content (AvgIpc) is 2.64. The predicted octanol–water partition coefficient (Wildman–Crippen LogP) is 0.838. The zero-order valence-electron chi connectivity index (χ0n) is 12.1. The van der Waals surface area contributed by atoms with Gasteiger partial charge < -0.3 is 14.9 Å². The number of aliphatic hydroxyl groups excluding tert-OH is 1. The minimum atomic E-state index is 0.206. The quantitative estimate of drug-likeness (QED) is 0.808. The monoisotopic (exact) mass is 269 g/mol. The minimum Gasteiger partial charge on any atom is -0.395 e. The van der Waals surface area contributed by atoms with Crippen molar-refractivity contribution in [2.24, 2.45) is 5.92 Å². The first-order chi connectivity index (χ1) is 9.20. The van der Waals surface area contributed by atoms with Crippen LogP contribution in [0.25, 0.3) is 0 Å². The summed E-state index contributed by atoms with van der Waals surface area (Å²) < 4.78 is 0. The fourth-order valence-electron chi connectivity index (χ4n) is 3.09. The van der Waals surface area contributed by atoms with Crippen molar-refractivity contribution in [1.82, 2.24) is 14.7 Å². The Kier molecular flexibility index (Phi) is 5.45. The van der Waals surface area contributed by atoms with Crippen LogP contribution in [-0.4, -0.2) is 78.3 Å². The normalized spacial score (nSPS) is 26.3. The average molecular weight is 269 g/mol. The van der Waals surface area contributed by atoms with Crippen LogP contribution in [0, 0.1) is 5.92 Å². The maximum atomic E-state index is 12.5. The first-order valence-electron chi connectivity index (χ1n) is 7.58. The van der Waals surface area contributed by atoms with Gasteiger partial charge in [-0.25, -0.2) is 4.79 Å². The maximum Gasteiger partial charge on any atom is 0.320 e. The Morgan fingerprint density at radius 3 is 2.63 bits per heavy atom. The molecule has 0 spiro atoms. The smallest absolute Gasteiger partial charge is 0.320 e. The number of urea groups is 1. The maximum absolute atomic E-state index is 12.5. The Hall–Kier alpha value is -0.810. The first kappa shape index (κ1) is 14.6. The summed E-state index contributed by atoms with van der Waals surface area (Å²) in [6, 6.07) is 0.220. The number of amides is 2. The van der Waals surface area contributed by atoms with Crippen molar-refractivity contribution in [1.29, 1.82) is 0 Å². The van der Waals surface area contributed by atoms with Gasteiger partial charge in [-0.1, -0.05) is 6.92 Å². The van der Waals surface area contributed by atoms with E-state index in [9.17, 15) is 4.79 Å². The molecular weight excluding hydrogens is 242 g/mol. The Balaban J connectivity index is 1.85. The number of hydrogen-bond acceptors (Lipinski definition) is 3. The van der Waals surface area contributed by atoms with Gasteiger partial charge in [0.25, 0.3) is 0 Å². The summed E-state index contributed by atoms with van der Waals surface area (Å²) in [5, 5.41) is 8.99. The number of aliphatic hydroxyl groups is 1. The van der Waals surface area contributed by atoms with Crippen LogP contribution in [-0.2, 0) is 0 Å². The van der Waals surface area contributed by atoms with Crippen molar-refractivity contribution in [3.8, 4) is 0 Å². The Morgan fingerprint density at radius 2 is 1.89 bits per heavy atom. The predicted molar refractivity (Wildman–Crippen MR) is 75.1 cm³/mol. The largest absolute Gasteiger partial charge is 0.395 e. The summed E-state index contributed by atoms with van der Waals surface area (Å²) in [5.74, 6) is 0.635. The molecule has 0 radical (unpaired) electrons. The SMILES string of the molecule is CC1CCCN(C(=O)N2CCCN(CCO)CC2)C1. The van der Waals surface area contributed by atoms with Gasteiger partial charge in [-0.2, -0.15) is 0 Å². The van der Waals surface area contributed by atoms with Crippen molar-refractivity contribution in [2.45, 2.75) is 26.2 Å². The lowest BCUT2D eigenvalue weighted by Gasteiger charge is -2.35. The van der Waals surface area contributed by atoms with Gasteiger partial charge in [0.1, 0.15) is 0 Å². The van der Waals surface area contributed by atoms with Crippen molar-refractivity contribution < 1.29 is 9.90 Å². The highest BCUT2D eigenvalue weighted by atomic mass is 16.3. The van der Waals surface area contributed by atoms with Gasteiger partial charge in [0.15, 0.2) is 0 Å². The molecule has 0 aromatic heterocycles. The standard InChI is InChI=1S/C14H27N3O2/c1-13-4-2-6-17(12-13)14(19)16-7-3-5-15(8-9-16)10-11-18/h13,18H,2-12H2,1H3. The Bertz CT molecular complexity index is 298. The van der Waals surface area contributed by atoms with Crippen LogP contribution < -0.4 is 0 Å². The molecule has 110 valence electrons. The molecule has 5 heteroatoms. The molecule has 0 saturated carbocycles. The molecule has 5 nitrogen and oxygen atoms in total. The van der Waals surface area contributed by atoms with E-state index in [1.54, 1.807) is 0 Å². The van der Waals surface area contributed by atoms with Crippen molar-refractivity contribution in [2.75, 3.05) is 52.4 Å². The second kappa shape index (κ2) is 7.10. The van der Waals surface area contributed by atoms with E-state index >= 15 is 0 Å². The third kappa shape index (κ3) is 4.08. The van der Waals surface area contributed by atoms with Gasteiger partial charge in [-0.05, 0) is 31.7 Å². The molecule has 1 atom stereocenters. The highest BCUT2D eigenvalue weighted by molar-refractivity contribution is 5.74. The molecule has 19 heavy (non-hydrogen) atoms. The van der Waals surface area contributed by atoms with Crippen LogP contribution >= 0.6 is 0 Å². The van der Waals surface area contributed by atoms with Gasteiger partial charge in [0, 0.05) is 39.3 Å². The molecule has 2 saturated heterocycles. The molecule has 0 aromatic rings. The number of β-amino-alcohol motifs (C(OH)–C–C–N with tert-alkyl or cyclic N) is 1. The van der Waals surface area contributed by atoms with Crippen molar-refractivity contribution in [3.63, 3.8) is 0 Å². The highest BCUT2D eigenvalue weighted by Crippen LogP contribution is 2.17. The van der Waals surface area contributed by atoms with E-state index in [0.717, 1.165) is 58.7 Å². The second-order valence-corrected chi connectivity index (χ2v) is 5.88. The summed E-state index contributed by atoms with van der Waals surface area (Å²) >= 11 is 0. The van der Waals surface area contributed by atoms with E-state index in [1.807, 2.05) is 9.80 Å². The molecule has 2 amide bonds. The van der Waals surface area contributed by atoms with Gasteiger partial charge in [0.2, 0.25) is 0 Å². The molecule has 0 aromatic carbocycles. The number of rotatable bonds is 2. The Morgan fingerprint density at radius 1 is 1.11 bits per heavy atom. The lowest BCUT2D eigenvalue weighted by atomic mass is 10.0. The zero-order valence-corrected chi connectivity index (χ0v) is 12.1. The summed E-state index contributed by atoms with van der Waals surface area (Å²) in [7, 11) is 0. The number of piperidine rings is 1. The lowest BCUT2D eigenvalue weighted by Crippen LogP contribution is -2.48. The van der Waals surface area contributed by atoms with Crippen LogP contribution in [0.5, 0.6) is 0 Å². The van der Waals surface area contributed by atoms with Gasteiger partial charge in [0.05, 0.1) is 6.61 Å². The van der Waals surface area contributed by atoms with E-state index in [4.69, 9.17) is 5.11 Å². The van der Waals surface area contributed by atoms with Crippen molar-refractivity contribution in [3.05, 3.63) is 0 Å². The molecule has 1 unspecified atom stereocenters. The fourth-order valence-corrected chi connectivity index (χ4v) is 3.09. The van der Waals surface area contributed by atoms with E-state index in [-0.39, 0.29) is 12.6 Å². The molecule has 2 fully saturated rings. The molecule has 2 rings (SSSR count). The first-order valence-corrected chi connectivity index (χ1v) is 7.58. The lowest BCUT2D eigenvalue weighted by molar-refractivity contribution is 0.131. The number of nitrogens with zero attached hydrogens (tertiary/aromatic N) is 3. The summed E-state index contributed by atoms with van der Waals surface area (Å²) in [4.78, 5) is 18.8. The van der Waals surface area contributed by atoms with Crippen LogP contribution in [0.15, 0.2) is 0 Å². The molecule has 2 aliphatic heterocycles. The van der Waals surface area contributed by atoms with Crippen LogP contribution in [0.3, 0.4) is 0 Å². The van der Waals surface area contributed by atoms with Crippen LogP contribution in [0.2, 0.25) is 0 Å². The molecule has 0 bridgehead atoms. The van der Waals surface area contributed by atoms with Gasteiger partial charge in [-0.3, -0.25) is 4.90 Å². The van der Waals surface area contributed by atoms with Gasteiger partial charge in [-0.15, -0.1) is 0 Å². The van der Waals surface area contributed by atoms with Crippen LogP contribution in [0.4, 0.5) is 4.79 Å². The number of likely N-dealkylation sites (tertiary alicyclic amines) is 1. The topological polar surface area (TPSA) is 47.0 Å². The molecule has 2 heterocycles. The summed E-state index contributed by atoms with van der Waals surface area (Å²) in [5.41, 5.74) is 0. The molecule has 1 N–H and O–H groups in total. The minimum absolute atomic E-state index is 0.206. The highest BCUT2D eigenvalue weighted by Gasteiger charge is 2.26. The number of hydrogen-bond donors (Lipinski definition) is 1. The van der Waals surface area contributed by atoms with Crippen LogP contribution in [0.1, 0.15) is 26.2 Å². The van der Waals surface area contributed by atoms with E-state index in [2.05, 4.69) is 11.8 Å². The molecular formula is C14H27N3O2. The van der Waals surface area contributed by atoms with Crippen molar-refractivity contribution >= 4 is 6.03 Å². The van der Waals surface area contributed by atoms with E-state index in [1.165, 1.54) is 6.42 Å². The second-order valence-electron chi connectivity index (χ2n) is 5.88. The van der Waals surface area contributed by atoms with E-state index < -0.39 is 0 Å². The summed E-state index contributed by atoms with van der Waals surface area (Å²) in [6.07, 6.45) is 3.39. The number of carbonyl (C=O) groups excluding carboxylic acids is 1. The summed E-state index contributed by atoms with van der Waals surface area (Å²) in [6.45, 7) is 8.51. The van der Waals surface area contributed by atoms with E-state index in [0.29, 0.717) is 5.92 Å². The zero-order chi connectivity index (χ0) is 13.7. The third-order valence-corrected chi connectivity index (χ3v) is 4.20.